The first kappa shape index (κ1) is 36.6. The van der Waals surface area contributed by atoms with Gasteiger partial charge in [-0.05, 0) is 53.6 Å². The Kier molecular flexibility index (Phi) is 14.1. The number of hydrogen-bond donors (Lipinski definition) is 3. The summed E-state index contributed by atoms with van der Waals surface area (Å²) in [5.74, 6) is -3.20. The van der Waals surface area contributed by atoms with Crippen molar-refractivity contribution in [1.29, 1.82) is 0 Å². The van der Waals surface area contributed by atoms with E-state index < -0.39 is 57.4 Å². The van der Waals surface area contributed by atoms with Crippen LogP contribution in [0.4, 0.5) is 13.6 Å². The van der Waals surface area contributed by atoms with Crippen LogP contribution >= 0.6 is 0 Å². The van der Waals surface area contributed by atoms with Gasteiger partial charge in [-0.2, -0.15) is 0 Å². The number of carbonyl (C=O) groups excluding carboxylic acids is 2. The molecule has 0 fully saturated rings. The summed E-state index contributed by atoms with van der Waals surface area (Å²) in [6.45, 7) is 3.34. The summed E-state index contributed by atoms with van der Waals surface area (Å²) in [6.07, 6.45) is -0.722. The fraction of sp³-hybridized carbons (Fsp3) is 0.412. The second-order valence-electron chi connectivity index (χ2n) is 11.3. The molecule has 0 aromatic heterocycles. The largest absolute Gasteiger partial charge is 0.445 e. The molecule has 9 nitrogen and oxygen atoms in total. The molecule has 0 spiro atoms. The Labute approximate surface area is 269 Å². The number of nitrogens with one attached hydrogen (secondary N) is 1. The minimum atomic E-state index is -3.79. The lowest BCUT2D eigenvalue weighted by Crippen LogP contribution is -2.54. The molecule has 3 aromatic rings. The van der Waals surface area contributed by atoms with Crippen LogP contribution in [0, 0.1) is 11.6 Å². The third-order valence-corrected chi connectivity index (χ3v) is 9.16. The lowest BCUT2D eigenvalue weighted by atomic mass is 10.0. The third-order valence-electron chi connectivity index (χ3n) is 7.41. The van der Waals surface area contributed by atoms with Crippen LogP contribution < -0.4 is 11.1 Å². The summed E-state index contributed by atoms with van der Waals surface area (Å²) in [6, 6.07) is 16.7. The number of aryl methyl sites for hydroxylation is 1. The average Bonchev–Trinajstić information content (AvgIpc) is 3.01. The van der Waals surface area contributed by atoms with E-state index in [9.17, 15) is 31.9 Å². The van der Waals surface area contributed by atoms with E-state index in [4.69, 9.17) is 10.5 Å². The summed E-state index contributed by atoms with van der Waals surface area (Å²) in [7, 11) is -3.79. The Morgan fingerprint density at radius 1 is 0.935 bits per heavy atom. The Bertz CT molecular complexity index is 1520. The van der Waals surface area contributed by atoms with E-state index in [1.54, 1.807) is 36.4 Å². The molecule has 0 aliphatic heterocycles. The molecule has 3 rings (SSSR count). The van der Waals surface area contributed by atoms with Gasteiger partial charge in [0.25, 0.3) is 0 Å². The molecule has 4 N–H and O–H groups in total. The van der Waals surface area contributed by atoms with Crippen molar-refractivity contribution in [2.75, 3.05) is 18.1 Å². The van der Waals surface area contributed by atoms with E-state index in [0.717, 1.165) is 30.2 Å². The highest BCUT2D eigenvalue weighted by Crippen LogP contribution is 2.16. The molecule has 250 valence electrons. The fourth-order valence-electron chi connectivity index (χ4n) is 4.90. The van der Waals surface area contributed by atoms with Gasteiger partial charge in [0.1, 0.15) is 24.3 Å². The minimum absolute atomic E-state index is 0.0305. The number of sulfone groups is 1. The molecular weight excluding hydrogens is 616 g/mol. The van der Waals surface area contributed by atoms with Crippen molar-refractivity contribution in [3.63, 3.8) is 0 Å². The van der Waals surface area contributed by atoms with E-state index in [2.05, 4.69) is 5.32 Å². The lowest BCUT2D eigenvalue weighted by molar-refractivity contribution is -0.135. The Balaban J connectivity index is 1.88. The number of unbranched alkanes of at least 4 members (excludes halogenated alkanes) is 1. The van der Waals surface area contributed by atoms with Gasteiger partial charge in [-0.15, -0.1) is 0 Å². The summed E-state index contributed by atoms with van der Waals surface area (Å²) in [4.78, 5) is 28.2. The normalized spacial score (nSPS) is 13.4. The van der Waals surface area contributed by atoms with Gasteiger partial charge in [-0.3, -0.25) is 4.79 Å². The van der Waals surface area contributed by atoms with Crippen LogP contribution in [0.25, 0.3) is 0 Å². The molecule has 0 saturated heterocycles. The first-order chi connectivity index (χ1) is 21.9. The van der Waals surface area contributed by atoms with Crippen LogP contribution in [0.3, 0.4) is 0 Å². The second kappa shape index (κ2) is 17.7. The molecule has 0 aliphatic rings. The zero-order valence-electron chi connectivity index (χ0n) is 26.2. The van der Waals surface area contributed by atoms with Gasteiger partial charge in [-0.25, -0.2) is 22.0 Å². The monoisotopic (exact) mass is 659 g/mol. The Morgan fingerprint density at radius 3 is 2.24 bits per heavy atom. The molecule has 0 bridgehead atoms. The molecule has 0 aliphatic carbocycles. The molecule has 1 unspecified atom stereocenters. The number of benzene rings is 3. The van der Waals surface area contributed by atoms with Crippen molar-refractivity contribution in [3.05, 3.63) is 107 Å². The molecule has 2 amide bonds. The maximum atomic E-state index is 14.1. The van der Waals surface area contributed by atoms with Crippen LogP contribution in [0.1, 0.15) is 48.9 Å². The van der Waals surface area contributed by atoms with Crippen LogP contribution in [0.5, 0.6) is 0 Å². The second-order valence-corrected chi connectivity index (χ2v) is 13.6. The average molecular weight is 660 g/mol. The topological polar surface area (TPSA) is 139 Å². The molecule has 0 radical (unpaired) electrons. The third kappa shape index (κ3) is 12.1. The molecule has 3 aromatic carbocycles. The van der Waals surface area contributed by atoms with Crippen molar-refractivity contribution < 1.29 is 36.6 Å². The van der Waals surface area contributed by atoms with Crippen molar-refractivity contribution >= 4 is 21.8 Å². The van der Waals surface area contributed by atoms with E-state index in [1.165, 1.54) is 4.90 Å². The Morgan fingerprint density at radius 2 is 1.59 bits per heavy atom. The van der Waals surface area contributed by atoms with E-state index in [-0.39, 0.29) is 37.4 Å². The maximum Gasteiger partial charge on any atom is 0.408 e. The number of rotatable bonds is 17. The summed E-state index contributed by atoms with van der Waals surface area (Å²) in [5, 5.41) is 13.5. The summed E-state index contributed by atoms with van der Waals surface area (Å²) < 4.78 is 58.9. The fourth-order valence-corrected chi connectivity index (χ4v) is 6.53. The van der Waals surface area contributed by atoms with E-state index >= 15 is 0 Å². The quantitative estimate of drug-likeness (QED) is 0.197. The molecule has 0 heterocycles. The summed E-state index contributed by atoms with van der Waals surface area (Å²) >= 11 is 0. The highest BCUT2D eigenvalue weighted by atomic mass is 32.2. The van der Waals surface area contributed by atoms with E-state index in [0.29, 0.717) is 24.0 Å². The predicted octanol–water partition coefficient (Wildman–Crippen LogP) is 4.30. The van der Waals surface area contributed by atoms with Gasteiger partial charge < -0.3 is 25.8 Å². The number of aliphatic hydroxyl groups is 1. The van der Waals surface area contributed by atoms with Crippen molar-refractivity contribution in [2.24, 2.45) is 5.73 Å². The number of hydrogen-bond acceptors (Lipinski definition) is 7. The zero-order valence-corrected chi connectivity index (χ0v) is 27.0. The van der Waals surface area contributed by atoms with Gasteiger partial charge in [0.15, 0.2) is 9.84 Å². The molecule has 46 heavy (non-hydrogen) atoms. The SMILES string of the molecule is CCCCS(=O)(=O)CC(NC(=O)OCc1ccccc1)C(=O)N(Cc1cccc(CC)c1)C[C@@H](O)[C@@H](N)Cc1cc(F)cc(F)c1. The summed E-state index contributed by atoms with van der Waals surface area (Å²) in [5.41, 5.74) is 8.85. The van der Waals surface area contributed by atoms with Crippen molar-refractivity contribution in [1.82, 2.24) is 10.2 Å². The number of aliphatic hydroxyl groups excluding tert-OH is 1. The highest BCUT2D eigenvalue weighted by molar-refractivity contribution is 7.91. The van der Waals surface area contributed by atoms with Crippen LogP contribution in [0.2, 0.25) is 0 Å². The zero-order chi connectivity index (χ0) is 33.7. The maximum absolute atomic E-state index is 14.1. The van der Waals surface area contributed by atoms with Crippen molar-refractivity contribution in [3.8, 4) is 0 Å². The first-order valence-corrected chi connectivity index (χ1v) is 17.1. The molecule has 0 saturated carbocycles. The number of carbonyl (C=O) groups is 2. The van der Waals surface area contributed by atoms with Crippen molar-refractivity contribution in [2.45, 2.75) is 70.9 Å². The van der Waals surface area contributed by atoms with Crippen LogP contribution in [-0.4, -0.2) is 66.7 Å². The van der Waals surface area contributed by atoms with Gasteiger partial charge >= 0.3 is 6.09 Å². The highest BCUT2D eigenvalue weighted by Gasteiger charge is 2.33. The number of nitrogens with zero attached hydrogens (tertiary/aromatic N) is 1. The number of halogens is 2. The first-order valence-electron chi connectivity index (χ1n) is 15.3. The molecule has 3 atom stereocenters. The Hall–Kier alpha value is -3.87. The molecular formula is C34H43F2N3O6S. The van der Waals surface area contributed by atoms with Gasteiger partial charge in [0, 0.05) is 25.2 Å². The van der Waals surface area contributed by atoms with Crippen LogP contribution in [-0.2, 0) is 45.4 Å². The minimum Gasteiger partial charge on any atom is -0.445 e. The predicted molar refractivity (Wildman–Crippen MR) is 172 cm³/mol. The number of alkyl carbamates (subject to hydrolysis) is 1. The standard InChI is InChI=1S/C34H43F2N3O6S/c1-3-5-14-46(43,44)23-31(38-34(42)45-22-25-10-7-6-8-11-25)33(41)39(20-26-13-9-12-24(4-2)15-26)21-32(40)30(37)18-27-16-28(35)19-29(36)17-27/h6-13,15-17,19,30-32,40H,3-5,14,18,20-23,37H2,1-2H3,(H,38,42)/t30-,31?,32+/m0/s1. The van der Waals surface area contributed by atoms with Gasteiger partial charge in [-0.1, -0.05) is 74.9 Å². The van der Waals surface area contributed by atoms with Gasteiger partial charge in [0.2, 0.25) is 5.91 Å². The number of ether oxygens (including phenoxy) is 1. The smallest absolute Gasteiger partial charge is 0.408 e. The lowest BCUT2D eigenvalue weighted by Gasteiger charge is -2.31. The van der Waals surface area contributed by atoms with E-state index in [1.807, 2.05) is 32.0 Å². The van der Waals surface area contributed by atoms with Crippen LogP contribution in [0.15, 0.2) is 72.8 Å². The number of nitrogens with two attached hydrogens (primary N) is 1. The number of amides is 2. The molecule has 12 heteroatoms. The van der Waals surface area contributed by atoms with Gasteiger partial charge in [0.05, 0.1) is 17.6 Å².